The average molecular weight is 297 g/mol. The summed E-state index contributed by atoms with van der Waals surface area (Å²) in [6.45, 7) is 2.15. The van der Waals surface area contributed by atoms with E-state index in [1.807, 2.05) is 0 Å². The maximum Gasteiger partial charge on any atom is 0.0850 e. The number of hydrogen-bond acceptors (Lipinski definition) is 0. The standard InChI is InChI=1S/C12H12IN/c1-2-3-8-14-11-7-5-4-6-10(11)9-12(14)13/h3-9H,2H2,1H3/b8-3+. The van der Waals surface area contributed by atoms with Crippen molar-refractivity contribution >= 4 is 39.7 Å². The van der Waals surface area contributed by atoms with Gasteiger partial charge in [-0.05, 0) is 41.1 Å². The lowest BCUT2D eigenvalue weighted by Crippen LogP contribution is -1.87. The van der Waals surface area contributed by atoms with Crippen LogP contribution in [0.1, 0.15) is 13.3 Å². The minimum atomic E-state index is 1.07. The summed E-state index contributed by atoms with van der Waals surface area (Å²) in [6, 6.07) is 10.7. The van der Waals surface area contributed by atoms with Gasteiger partial charge in [0.1, 0.15) is 0 Å². The van der Waals surface area contributed by atoms with Crippen LogP contribution in [0, 0.1) is 3.70 Å². The zero-order chi connectivity index (χ0) is 9.97. The highest BCUT2D eigenvalue weighted by atomic mass is 127. The van der Waals surface area contributed by atoms with Gasteiger partial charge in [0.25, 0.3) is 0 Å². The number of rotatable bonds is 2. The summed E-state index contributed by atoms with van der Waals surface area (Å²) in [5.41, 5.74) is 1.28. The van der Waals surface area contributed by atoms with E-state index in [4.69, 9.17) is 0 Å². The Morgan fingerprint density at radius 2 is 2.14 bits per heavy atom. The quantitative estimate of drug-likeness (QED) is 0.735. The molecule has 0 radical (unpaired) electrons. The smallest absolute Gasteiger partial charge is 0.0850 e. The Morgan fingerprint density at radius 3 is 2.93 bits per heavy atom. The van der Waals surface area contributed by atoms with Crippen molar-refractivity contribution in [2.75, 3.05) is 0 Å². The van der Waals surface area contributed by atoms with Gasteiger partial charge in [-0.25, -0.2) is 0 Å². The molecule has 0 saturated heterocycles. The van der Waals surface area contributed by atoms with Gasteiger partial charge in [-0.1, -0.05) is 31.2 Å². The molecule has 1 aromatic carbocycles. The molecule has 0 N–H and O–H groups in total. The van der Waals surface area contributed by atoms with Gasteiger partial charge in [-0.2, -0.15) is 0 Å². The fraction of sp³-hybridized carbons (Fsp3) is 0.167. The van der Waals surface area contributed by atoms with Crippen LogP contribution in [-0.2, 0) is 0 Å². The van der Waals surface area contributed by atoms with Crippen LogP contribution in [0.3, 0.4) is 0 Å². The first-order valence-corrected chi connectivity index (χ1v) is 5.83. The summed E-state index contributed by atoms with van der Waals surface area (Å²) in [5.74, 6) is 0. The molecule has 0 saturated carbocycles. The van der Waals surface area contributed by atoms with Crippen LogP contribution in [0.2, 0.25) is 0 Å². The van der Waals surface area contributed by atoms with E-state index in [0.29, 0.717) is 0 Å². The Bertz CT molecular complexity index is 468. The molecule has 1 nitrogen and oxygen atoms in total. The van der Waals surface area contributed by atoms with Crippen molar-refractivity contribution in [2.45, 2.75) is 13.3 Å². The molecule has 0 aliphatic rings. The van der Waals surface area contributed by atoms with Crippen LogP contribution in [0.25, 0.3) is 17.1 Å². The molecule has 0 aliphatic heterocycles. The van der Waals surface area contributed by atoms with Crippen LogP contribution < -0.4 is 0 Å². The predicted octanol–water partition coefficient (Wildman–Crippen LogP) is 4.13. The fourth-order valence-electron chi connectivity index (χ4n) is 1.50. The minimum Gasteiger partial charge on any atom is -0.312 e. The lowest BCUT2D eigenvalue weighted by atomic mass is 10.2. The molecular weight excluding hydrogens is 285 g/mol. The lowest BCUT2D eigenvalue weighted by Gasteiger charge is -1.98. The molecule has 0 bridgehead atoms. The molecular formula is C12H12IN. The number of fused-ring (bicyclic) bond motifs is 1. The third-order valence-corrected chi connectivity index (χ3v) is 3.02. The largest absolute Gasteiger partial charge is 0.312 e. The molecule has 0 aliphatic carbocycles. The average Bonchev–Trinajstić information content (AvgIpc) is 2.51. The summed E-state index contributed by atoms with van der Waals surface area (Å²) in [5, 5.41) is 1.30. The zero-order valence-electron chi connectivity index (χ0n) is 8.07. The Labute approximate surface area is 97.6 Å². The second-order valence-electron chi connectivity index (χ2n) is 3.19. The van der Waals surface area contributed by atoms with Gasteiger partial charge < -0.3 is 4.57 Å². The van der Waals surface area contributed by atoms with E-state index in [2.05, 4.69) is 76.7 Å². The van der Waals surface area contributed by atoms with Crippen LogP contribution in [-0.4, -0.2) is 4.57 Å². The highest BCUT2D eigenvalue weighted by Crippen LogP contribution is 2.21. The van der Waals surface area contributed by atoms with E-state index < -0.39 is 0 Å². The molecule has 2 aromatic rings. The molecule has 2 rings (SSSR count). The Kier molecular flexibility index (Phi) is 2.91. The van der Waals surface area contributed by atoms with Crippen molar-refractivity contribution in [2.24, 2.45) is 0 Å². The minimum absolute atomic E-state index is 1.07. The summed E-state index contributed by atoms with van der Waals surface area (Å²) in [6.07, 6.45) is 5.39. The summed E-state index contributed by atoms with van der Waals surface area (Å²) in [7, 11) is 0. The van der Waals surface area contributed by atoms with E-state index in [1.165, 1.54) is 14.6 Å². The van der Waals surface area contributed by atoms with Gasteiger partial charge in [0.15, 0.2) is 0 Å². The number of para-hydroxylation sites is 1. The van der Waals surface area contributed by atoms with Gasteiger partial charge in [-0.3, -0.25) is 0 Å². The van der Waals surface area contributed by atoms with Crippen molar-refractivity contribution in [3.05, 3.63) is 40.1 Å². The third-order valence-electron chi connectivity index (χ3n) is 2.19. The van der Waals surface area contributed by atoms with Crippen molar-refractivity contribution in [3.63, 3.8) is 0 Å². The number of hydrogen-bond donors (Lipinski definition) is 0. The first-order valence-electron chi connectivity index (χ1n) is 4.75. The second-order valence-corrected chi connectivity index (χ2v) is 4.29. The van der Waals surface area contributed by atoms with Gasteiger partial charge in [0, 0.05) is 11.6 Å². The summed E-state index contributed by atoms with van der Waals surface area (Å²) in [4.78, 5) is 0. The van der Waals surface area contributed by atoms with Crippen molar-refractivity contribution in [1.82, 2.24) is 4.57 Å². The second kappa shape index (κ2) is 4.17. The molecule has 1 heterocycles. The number of nitrogens with zero attached hydrogens (tertiary/aromatic N) is 1. The zero-order valence-corrected chi connectivity index (χ0v) is 10.2. The molecule has 1 aromatic heterocycles. The van der Waals surface area contributed by atoms with Crippen LogP contribution in [0.5, 0.6) is 0 Å². The van der Waals surface area contributed by atoms with Crippen molar-refractivity contribution < 1.29 is 0 Å². The molecule has 2 heteroatoms. The van der Waals surface area contributed by atoms with E-state index in [0.717, 1.165) is 6.42 Å². The number of aromatic nitrogens is 1. The Hall–Kier alpha value is -0.770. The molecule has 0 spiro atoms. The molecule has 14 heavy (non-hydrogen) atoms. The first kappa shape index (κ1) is 9.77. The van der Waals surface area contributed by atoms with Gasteiger partial charge in [-0.15, -0.1) is 0 Å². The third kappa shape index (κ3) is 1.71. The van der Waals surface area contributed by atoms with Crippen molar-refractivity contribution in [3.8, 4) is 0 Å². The monoisotopic (exact) mass is 297 g/mol. The van der Waals surface area contributed by atoms with E-state index in [9.17, 15) is 0 Å². The van der Waals surface area contributed by atoms with Crippen molar-refractivity contribution in [1.29, 1.82) is 0 Å². The molecule has 0 fully saturated rings. The first-order chi connectivity index (χ1) is 6.83. The highest BCUT2D eigenvalue weighted by molar-refractivity contribution is 14.1. The maximum absolute atomic E-state index is 2.36. The number of allylic oxidation sites excluding steroid dienone is 1. The van der Waals surface area contributed by atoms with E-state index >= 15 is 0 Å². The van der Waals surface area contributed by atoms with Crippen LogP contribution in [0.4, 0.5) is 0 Å². The predicted molar refractivity (Wildman–Crippen MR) is 70.3 cm³/mol. The van der Waals surface area contributed by atoms with E-state index in [-0.39, 0.29) is 0 Å². The van der Waals surface area contributed by atoms with Gasteiger partial charge in [0.2, 0.25) is 0 Å². The molecule has 0 unspecified atom stereocenters. The molecule has 72 valence electrons. The topological polar surface area (TPSA) is 4.93 Å². The summed E-state index contributed by atoms with van der Waals surface area (Å²) >= 11 is 2.36. The SMILES string of the molecule is CC/C=C/n1c(I)cc2ccccc21. The van der Waals surface area contributed by atoms with Crippen LogP contribution in [0.15, 0.2) is 36.4 Å². The maximum atomic E-state index is 2.36. The number of benzene rings is 1. The van der Waals surface area contributed by atoms with E-state index in [1.54, 1.807) is 0 Å². The van der Waals surface area contributed by atoms with Gasteiger partial charge in [0.05, 0.1) is 9.22 Å². The Morgan fingerprint density at radius 1 is 1.36 bits per heavy atom. The normalized spacial score (nSPS) is 11.6. The van der Waals surface area contributed by atoms with Crippen LogP contribution >= 0.6 is 22.6 Å². The Balaban J connectivity index is 2.62. The molecule has 0 atom stereocenters. The summed E-state index contributed by atoms with van der Waals surface area (Å²) < 4.78 is 3.48. The molecule has 0 amide bonds. The highest BCUT2D eigenvalue weighted by Gasteiger charge is 2.01. The van der Waals surface area contributed by atoms with Gasteiger partial charge >= 0.3 is 0 Å². The number of halogens is 1. The fourth-order valence-corrected chi connectivity index (χ4v) is 2.26. The lowest BCUT2D eigenvalue weighted by molar-refractivity contribution is 1.14.